The summed E-state index contributed by atoms with van der Waals surface area (Å²) < 4.78 is 16.5. The molecule has 5 aromatic rings. The molecule has 0 aliphatic carbocycles. The quantitative estimate of drug-likeness (QED) is 0.256. The van der Waals surface area contributed by atoms with Crippen molar-refractivity contribution in [1.82, 2.24) is 19.7 Å². The number of benzene rings is 3. The molecule has 9 heteroatoms. The van der Waals surface area contributed by atoms with Gasteiger partial charge in [0.25, 0.3) is 0 Å². The van der Waals surface area contributed by atoms with E-state index in [1.54, 1.807) is 23.3 Å². The van der Waals surface area contributed by atoms with Gasteiger partial charge in [-0.2, -0.15) is 10.1 Å². The van der Waals surface area contributed by atoms with Gasteiger partial charge in [0.2, 0.25) is 11.9 Å². The number of hydrogen-bond donors (Lipinski definition) is 3. The van der Waals surface area contributed by atoms with Crippen LogP contribution in [0.4, 0.5) is 33.2 Å². The molecule has 0 saturated heterocycles. The minimum Gasteiger partial charge on any atom is -0.337 e. The van der Waals surface area contributed by atoms with Gasteiger partial charge in [0, 0.05) is 30.7 Å². The molecule has 0 aliphatic rings. The molecule has 5 rings (SSSR count). The minimum atomic E-state index is -0.504. The van der Waals surface area contributed by atoms with E-state index in [0.717, 1.165) is 22.4 Å². The average Bonchev–Trinajstić information content (AvgIpc) is 3.30. The van der Waals surface area contributed by atoms with Crippen LogP contribution in [0, 0.1) is 5.82 Å². The lowest BCUT2D eigenvalue weighted by atomic mass is 9.99. The molecule has 0 saturated carbocycles. The fraction of sp³-hybridized carbons (Fsp3) is 0.0370. The molecular formula is C27H22FN7O. The number of hydrogen-bond acceptors (Lipinski definition) is 6. The zero-order valence-corrected chi connectivity index (χ0v) is 19.4. The van der Waals surface area contributed by atoms with Gasteiger partial charge in [0.1, 0.15) is 11.6 Å². The smallest absolute Gasteiger partial charge is 0.247 e. The van der Waals surface area contributed by atoms with Gasteiger partial charge in [-0.3, -0.25) is 9.48 Å². The zero-order valence-electron chi connectivity index (χ0n) is 19.4. The highest BCUT2D eigenvalue weighted by Crippen LogP contribution is 2.35. The highest BCUT2D eigenvalue weighted by molar-refractivity contribution is 6.00. The molecule has 2 heterocycles. The van der Waals surface area contributed by atoms with Crippen LogP contribution < -0.4 is 16.0 Å². The van der Waals surface area contributed by atoms with Crippen LogP contribution in [-0.4, -0.2) is 25.7 Å². The summed E-state index contributed by atoms with van der Waals surface area (Å²) in [6.45, 7) is 3.45. The molecule has 0 spiro atoms. The second-order valence-corrected chi connectivity index (χ2v) is 8.02. The number of nitrogens with one attached hydrogen (secondary N) is 3. The highest BCUT2D eigenvalue weighted by atomic mass is 19.1. The standard InChI is InChI=1S/C27H22FN7O/c1-3-25(36)31-18-11-12-23(28)24(13-18)33-26-22(21-10-6-8-17-7-4-5-9-20(17)21)15-29-27(34-26)32-19-14-30-35(2)16-19/h3-16H,1H2,2H3,(H,31,36)(H2,29,32,33,34). The van der Waals surface area contributed by atoms with Crippen LogP contribution in [-0.2, 0) is 11.8 Å². The Labute approximate surface area is 206 Å². The number of aryl methyl sites for hydroxylation is 1. The first-order valence-electron chi connectivity index (χ1n) is 11.1. The Morgan fingerprint density at radius 1 is 1.00 bits per heavy atom. The van der Waals surface area contributed by atoms with Crippen molar-refractivity contribution in [3.63, 3.8) is 0 Å². The summed E-state index contributed by atoms with van der Waals surface area (Å²) in [5.74, 6) is -0.199. The molecule has 3 N–H and O–H groups in total. The van der Waals surface area contributed by atoms with Crippen molar-refractivity contribution in [1.29, 1.82) is 0 Å². The maximum Gasteiger partial charge on any atom is 0.247 e. The molecule has 0 radical (unpaired) electrons. The molecule has 0 aliphatic heterocycles. The zero-order chi connectivity index (χ0) is 25.1. The van der Waals surface area contributed by atoms with Crippen molar-refractivity contribution in [2.24, 2.45) is 7.05 Å². The number of amides is 1. The van der Waals surface area contributed by atoms with Crippen LogP contribution in [0.5, 0.6) is 0 Å². The Balaban J connectivity index is 1.60. The Morgan fingerprint density at radius 3 is 2.64 bits per heavy atom. The van der Waals surface area contributed by atoms with E-state index in [1.807, 2.05) is 49.5 Å². The van der Waals surface area contributed by atoms with E-state index in [-0.39, 0.29) is 5.69 Å². The molecule has 0 bridgehead atoms. The average molecular weight is 480 g/mol. The van der Waals surface area contributed by atoms with Crippen LogP contribution in [0.15, 0.2) is 91.9 Å². The molecule has 36 heavy (non-hydrogen) atoms. The molecule has 1 amide bonds. The van der Waals surface area contributed by atoms with Crippen LogP contribution >= 0.6 is 0 Å². The molecule has 2 aromatic heterocycles. The Bertz CT molecular complexity index is 1590. The summed E-state index contributed by atoms with van der Waals surface area (Å²) in [6, 6.07) is 18.2. The Hall–Kier alpha value is -5.05. The molecule has 8 nitrogen and oxygen atoms in total. The van der Waals surface area contributed by atoms with Crippen molar-refractivity contribution in [3.8, 4) is 11.1 Å². The van der Waals surface area contributed by atoms with Crippen LogP contribution in [0.2, 0.25) is 0 Å². The third-order valence-corrected chi connectivity index (χ3v) is 5.50. The second-order valence-electron chi connectivity index (χ2n) is 8.02. The van der Waals surface area contributed by atoms with Gasteiger partial charge in [-0.1, -0.05) is 49.0 Å². The van der Waals surface area contributed by atoms with E-state index < -0.39 is 11.7 Å². The molecule has 3 aromatic carbocycles. The number of carbonyl (C=O) groups is 1. The van der Waals surface area contributed by atoms with E-state index in [1.165, 1.54) is 18.2 Å². The van der Waals surface area contributed by atoms with Gasteiger partial charge in [-0.25, -0.2) is 9.37 Å². The summed E-state index contributed by atoms with van der Waals surface area (Å²) >= 11 is 0. The van der Waals surface area contributed by atoms with Crippen molar-refractivity contribution >= 4 is 45.5 Å². The van der Waals surface area contributed by atoms with Crippen molar-refractivity contribution < 1.29 is 9.18 Å². The van der Waals surface area contributed by atoms with Crippen LogP contribution in [0.1, 0.15) is 0 Å². The van der Waals surface area contributed by atoms with Crippen molar-refractivity contribution in [2.75, 3.05) is 16.0 Å². The van der Waals surface area contributed by atoms with Gasteiger partial charge >= 0.3 is 0 Å². The number of nitrogens with zero attached hydrogens (tertiary/aromatic N) is 4. The molecule has 178 valence electrons. The van der Waals surface area contributed by atoms with Gasteiger partial charge in [0.15, 0.2) is 0 Å². The number of anilines is 5. The largest absolute Gasteiger partial charge is 0.337 e. The van der Waals surface area contributed by atoms with E-state index in [9.17, 15) is 9.18 Å². The van der Waals surface area contributed by atoms with Gasteiger partial charge in [-0.05, 0) is 40.6 Å². The van der Waals surface area contributed by atoms with Gasteiger partial charge < -0.3 is 16.0 Å². The molecule has 0 atom stereocenters. The SMILES string of the molecule is C=CC(=O)Nc1ccc(F)c(Nc2nc(Nc3cnn(C)c3)ncc2-c2cccc3ccccc23)c1. The summed E-state index contributed by atoms with van der Waals surface area (Å²) in [4.78, 5) is 20.9. The first kappa shape index (κ1) is 22.7. The number of rotatable bonds is 7. The summed E-state index contributed by atoms with van der Waals surface area (Å²) in [5.41, 5.74) is 2.84. The molecular weight excluding hydrogens is 457 g/mol. The van der Waals surface area contributed by atoms with E-state index >= 15 is 0 Å². The lowest BCUT2D eigenvalue weighted by molar-refractivity contribution is -0.111. The van der Waals surface area contributed by atoms with Crippen molar-refractivity contribution in [3.05, 3.63) is 97.7 Å². The van der Waals surface area contributed by atoms with E-state index in [2.05, 4.69) is 37.6 Å². The second kappa shape index (κ2) is 9.67. The van der Waals surface area contributed by atoms with E-state index in [4.69, 9.17) is 0 Å². The van der Waals surface area contributed by atoms with Crippen LogP contribution in [0.3, 0.4) is 0 Å². The third-order valence-electron chi connectivity index (χ3n) is 5.50. The summed E-state index contributed by atoms with van der Waals surface area (Å²) in [6.07, 6.45) is 6.29. The Morgan fingerprint density at radius 2 is 1.83 bits per heavy atom. The number of fused-ring (bicyclic) bond motifs is 1. The van der Waals surface area contributed by atoms with Gasteiger partial charge in [0.05, 0.1) is 17.6 Å². The number of aromatic nitrogens is 4. The predicted molar refractivity (Wildman–Crippen MR) is 140 cm³/mol. The highest BCUT2D eigenvalue weighted by Gasteiger charge is 2.15. The lowest BCUT2D eigenvalue weighted by Crippen LogP contribution is -2.08. The first-order valence-corrected chi connectivity index (χ1v) is 11.1. The minimum absolute atomic E-state index is 0.143. The molecule has 0 unspecified atom stereocenters. The number of carbonyl (C=O) groups excluding carboxylic acids is 1. The lowest BCUT2D eigenvalue weighted by Gasteiger charge is -2.15. The summed E-state index contributed by atoms with van der Waals surface area (Å²) in [5, 5.41) is 15.1. The number of halogens is 1. The Kier molecular flexibility index (Phi) is 6.10. The van der Waals surface area contributed by atoms with Gasteiger partial charge in [-0.15, -0.1) is 0 Å². The fourth-order valence-corrected chi connectivity index (χ4v) is 3.83. The summed E-state index contributed by atoms with van der Waals surface area (Å²) in [7, 11) is 1.81. The van der Waals surface area contributed by atoms with Crippen molar-refractivity contribution in [2.45, 2.75) is 0 Å². The monoisotopic (exact) mass is 479 g/mol. The van der Waals surface area contributed by atoms with E-state index in [0.29, 0.717) is 28.7 Å². The maximum atomic E-state index is 14.8. The normalized spacial score (nSPS) is 10.7. The fourth-order valence-electron chi connectivity index (χ4n) is 3.83. The van der Waals surface area contributed by atoms with Crippen LogP contribution in [0.25, 0.3) is 21.9 Å². The predicted octanol–water partition coefficient (Wildman–Crippen LogP) is 5.78. The third kappa shape index (κ3) is 4.76. The first-order chi connectivity index (χ1) is 17.5. The molecule has 0 fully saturated rings. The maximum absolute atomic E-state index is 14.8. The topological polar surface area (TPSA) is 96.8 Å².